The monoisotopic (exact) mass is 376 g/mol. The fourth-order valence-electron chi connectivity index (χ4n) is 2.52. The van der Waals surface area contributed by atoms with Gasteiger partial charge in [0.05, 0.1) is 12.2 Å². The van der Waals surface area contributed by atoms with Crippen molar-refractivity contribution >= 4 is 28.3 Å². The second-order valence-electron chi connectivity index (χ2n) is 5.77. The molecule has 0 aliphatic rings. The Labute approximate surface area is 156 Å². The van der Waals surface area contributed by atoms with E-state index in [9.17, 15) is 9.59 Å². The second kappa shape index (κ2) is 9.33. The number of carbonyl (C=O) groups excluding carboxylic acids is 2. The molecule has 3 amide bonds. The molecule has 0 fully saturated rings. The standard InChI is InChI=1S/C18H24N4O3S/c1-3-22(8-9-25-2)11-12-4-6-13(7-5-12)15-10-14(16(19)23)17(26-15)21-18(20)24/h4-7,10H,3,8-9,11H2,1-2H3,(H2,19,23)(H3,20,21,24). The third-order valence-electron chi connectivity index (χ3n) is 3.94. The minimum atomic E-state index is -0.730. The maximum atomic E-state index is 11.6. The van der Waals surface area contributed by atoms with Gasteiger partial charge >= 0.3 is 6.03 Å². The molecule has 0 saturated heterocycles. The van der Waals surface area contributed by atoms with Gasteiger partial charge in [-0.3, -0.25) is 15.0 Å². The Balaban J connectivity index is 2.17. The van der Waals surface area contributed by atoms with Crippen LogP contribution >= 0.6 is 11.3 Å². The molecule has 5 N–H and O–H groups in total. The normalized spacial score (nSPS) is 10.9. The summed E-state index contributed by atoms with van der Waals surface area (Å²) >= 11 is 1.26. The van der Waals surface area contributed by atoms with E-state index in [1.165, 1.54) is 16.9 Å². The van der Waals surface area contributed by atoms with Crippen molar-refractivity contribution in [2.24, 2.45) is 11.5 Å². The molecule has 2 aromatic rings. The van der Waals surface area contributed by atoms with Crippen LogP contribution in [0.4, 0.5) is 9.80 Å². The number of carbonyl (C=O) groups is 2. The van der Waals surface area contributed by atoms with Gasteiger partial charge in [-0.2, -0.15) is 0 Å². The predicted octanol–water partition coefficient (Wildman–Crippen LogP) is 2.47. The summed E-state index contributed by atoms with van der Waals surface area (Å²) in [5.41, 5.74) is 12.9. The molecule has 140 valence electrons. The number of nitrogens with zero attached hydrogens (tertiary/aromatic N) is 1. The van der Waals surface area contributed by atoms with Gasteiger partial charge in [0.15, 0.2) is 0 Å². The maximum Gasteiger partial charge on any atom is 0.317 e. The number of urea groups is 1. The molecule has 8 heteroatoms. The third-order valence-corrected chi connectivity index (χ3v) is 5.04. The quantitative estimate of drug-likeness (QED) is 0.624. The van der Waals surface area contributed by atoms with Crippen LogP contribution in [0, 0.1) is 0 Å². The molecule has 2 rings (SSSR count). The van der Waals surface area contributed by atoms with Crippen LogP contribution in [-0.4, -0.2) is 43.6 Å². The van der Waals surface area contributed by atoms with Crippen molar-refractivity contribution in [3.05, 3.63) is 41.5 Å². The molecule has 0 radical (unpaired) electrons. The van der Waals surface area contributed by atoms with E-state index in [1.807, 2.05) is 12.1 Å². The summed E-state index contributed by atoms with van der Waals surface area (Å²) in [6, 6.07) is 9.02. The highest BCUT2D eigenvalue weighted by atomic mass is 32.1. The second-order valence-corrected chi connectivity index (χ2v) is 6.82. The highest BCUT2D eigenvalue weighted by Gasteiger charge is 2.16. The molecule has 1 aromatic carbocycles. The van der Waals surface area contributed by atoms with Gasteiger partial charge in [0.25, 0.3) is 5.91 Å². The first-order valence-electron chi connectivity index (χ1n) is 8.25. The smallest absolute Gasteiger partial charge is 0.317 e. The summed E-state index contributed by atoms with van der Waals surface area (Å²) in [4.78, 5) is 25.8. The van der Waals surface area contributed by atoms with Gasteiger partial charge in [0.2, 0.25) is 0 Å². The van der Waals surface area contributed by atoms with Crippen molar-refractivity contribution in [1.82, 2.24) is 4.90 Å². The van der Waals surface area contributed by atoms with Gasteiger partial charge in [0, 0.05) is 25.1 Å². The number of primary amides is 2. The fraction of sp³-hybridized carbons (Fsp3) is 0.333. The summed E-state index contributed by atoms with van der Waals surface area (Å²) in [5, 5.41) is 2.81. The van der Waals surface area contributed by atoms with Crippen LogP contribution in [0.25, 0.3) is 10.4 Å². The van der Waals surface area contributed by atoms with E-state index in [0.29, 0.717) is 11.6 Å². The number of methoxy groups -OCH3 is 1. The minimum Gasteiger partial charge on any atom is -0.383 e. The van der Waals surface area contributed by atoms with Crippen molar-refractivity contribution < 1.29 is 14.3 Å². The van der Waals surface area contributed by atoms with E-state index in [2.05, 4.69) is 29.3 Å². The summed E-state index contributed by atoms with van der Waals surface area (Å²) < 4.78 is 5.13. The summed E-state index contributed by atoms with van der Waals surface area (Å²) in [6.45, 7) is 5.48. The fourth-order valence-corrected chi connectivity index (χ4v) is 3.59. The molecule has 26 heavy (non-hydrogen) atoms. The number of ether oxygens (including phenoxy) is 1. The Hall–Kier alpha value is -2.42. The van der Waals surface area contributed by atoms with E-state index in [0.717, 1.165) is 30.1 Å². The molecule has 0 saturated carbocycles. The van der Waals surface area contributed by atoms with Crippen molar-refractivity contribution in [1.29, 1.82) is 0 Å². The van der Waals surface area contributed by atoms with E-state index < -0.39 is 11.9 Å². The molecule has 0 spiro atoms. The van der Waals surface area contributed by atoms with Gasteiger partial charge in [-0.25, -0.2) is 4.79 Å². The number of amides is 3. The lowest BCUT2D eigenvalue weighted by Crippen LogP contribution is -2.26. The van der Waals surface area contributed by atoms with Crippen LogP contribution in [0.3, 0.4) is 0 Å². The van der Waals surface area contributed by atoms with Crippen LogP contribution < -0.4 is 16.8 Å². The number of anilines is 1. The average Bonchev–Trinajstić information content (AvgIpc) is 3.02. The van der Waals surface area contributed by atoms with E-state index in [-0.39, 0.29) is 5.56 Å². The number of nitrogens with one attached hydrogen (secondary N) is 1. The van der Waals surface area contributed by atoms with Gasteiger partial charge in [-0.1, -0.05) is 31.2 Å². The van der Waals surface area contributed by atoms with Gasteiger partial charge < -0.3 is 16.2 Å². The number of benzene rings is 1. The highest BCUT2D eigenvalue weighted by Crippen LogP contribution is 2.35. The highest BCUT2D eigenvalue weighted by molar-refractivity contribution is 7.20. The Kier molecular flexibility index (Phi) is 7.14. The zero-order chi connectivity index (χ0) is 19.1. The average molecular weight is 376 g/mol. The van der Waals surface area contributed by atoms with E-state index >= 15 is 0 Å². The minimum absolute atomic E-state index is 0.254. The number of hydrogen-bond acceptors (Lipinski definition) is 5. The summed E-state index contributed by atoms with van der Waals surface area (Å²) in [7, 11) is 1.70. The van der Waals surface area contributed by atoms with Crippen molar-refractivity contribution in [3.8, 4) is 10.4 Å². The molecule has 0 aliphatic heterocycles. The lowest BCUT2D eigenvalue weighted by Gasteiger charge is -2.20. The molecule has 0 unspecified atom stereocenters. The molecular formula is C18H24N4O3S. The molecule has 7 nitrogen and oxygen atoms in total. The topological polar surface area (TPSA) is 111 Å². The summed E-state index contributed by atoms with van der Waals surface area (Å²) in [6.07, 6.45) is 0. The first-order valence-corrected chi connectivity index (χ1v) is 9.07. The number of likely N-dealkylation sites (N-methyl/N-ethyl adjacent to an activating group) is 1. The summed E-state index contributed by atoms with van der Waals surface area (Å²) in [5.74, 6) is -0.607. The number of nitrogens with two attached hydrogens (primary N) is 2. The van der Waals surface area contributed by atoms with Crippen LogP contribution in [0.15, 0.2) is 30.3 Å². The Bertz CT molecular complexity index is 758. The molecule has 0 aliphatic carbocycles. The third kappa shape index (κ3) is 5.29. The number of thiophene rings is 1. The van der Waals surface area contributed by atoms with Gasteiger partial charge in [-0.15, -0.1) is 11.3 Å². The van der Waals surface area contributed by atoms with Crippen molar-refractivity contribution in [2.45, 2.75) is 13.5 Å². The zero-order valence-corrected chi connectivity index (χ0v) is 15.8. The SMILES string of the molecule is CCN(CCOC)Cc1ccc(-c2cc(C(N)=O)c(NC(N)=O)s2)cc1. The molecule has 0 atom stereocenters. The van der Waals surface area contributed by atoms with Crippen LogP contribution in [0.5, 0.6) is 0 Å². The first kappa shape index (κ1) is 19.9. The molecular weight excluding hydrogens is 352 g/mol. The largest absolute Gasteiger partial charge is 0.383 e. The van der Waals surface area contributed by atoms with E-state index in [1.54, 1.807) is 13.2 Å². The Morgan fingerprint density at radius 2 is 1.92 bits per heavy atom. The van der Waals surface area contributed by atoms with Crippen LogP contribution in [0.1, 0.15) is 22.8 Å². The molecule has 1 aromatic heterocycles. The lowest BCUT2D eigenvalue weighted by molar-refractivity contribution is 0.100. The first-order chi connectivity index (χ1) is 12.4. The maximum absolute atomic E-state index is 11.6. The van der Waals surface area contributed by atoms with E-state index in [4.69, 9.17) is 16.2 Å². The number of hydrogen-bond donors (Lipinski definition) is 3. The molecule has 0 bridgehead atoms. The Morgan fingerprint density at radius 3 is 2.46 bits per heavy atom. The number of rotatable bonds is 9. The van der Waals surface area contributed by atoms with Gasteiger partial charge in [0.1, 0.15) is 5.00 Å². The van der Waals surface area contributed by atoms with Crippen LogP contribution in [-0.2, 0) is 11.3 Å². The van der Waals surface area contributed by atoms with Crippen molar-refractivity contribution in [2.75, 3.05) is 32.1 Å². The van der Waals surface area contributed by atoms with Crippen LogP contribution in [0.2, 0.25) is 0 Å². The van der Waals surface area contributed by atoms with Gasteiger partial charge in [-0.05, 0) is 23.7 Å². The Morgan fingerprint density at radius 1 is 1.23 bits per heavy atom. The predicted molar refractivity (Wildman–Crippen MR) is 104 cm³/mol. The lowest BCUT2D eigenvalue weighted by atomic mass is 10.1. The van der Waals surface area contributed by atoms with Crippen molar-refractivity contribution in [3.63, 3.8) is 0 Å². The zero-order valence-electron chi connectivity index (χ0n) is 15.0. The molecule has 1 heterocycles.